The van der Waals surface area contributed by atoms with Crippen LogP contribution in [0.3, 0.4) is 0 Å². The average Bonchev–Trinajstić information content (AvgIpc) is 2.76. The Balaban J connectivity index is 2.13. The summed E-state index contributed by atoms with van der Waals surface area (Å²) in [7, 11) is 0. The van der Waals surface area contributed by atoms with Gasteiger partial charge in [0.25, 0.3) is 5.91 Å². The molecule has 98 valence electrons. The number of carbonyl (C=O) groups excluding carboxylic acids is 1. The Kier molecular flexibility index (Phi) is 3.08. The number of nitro groups is 1. The molecule has 0 saturated carbocycles. The van der Waals surface area contributed by atoms with Crippen molar-refractivity contribution >= 4 is 11.8 Å². The van der Waals surface area contributed by atoms with Gasteiger partial charge in [-0.3, -0.25) is 14.9 Å². The van der Waals surface area contributed by atoms with Gasteiger partial charge >= 0.3 is 5.88 Å². The first-order chi connectivity index (χ1) is 8.39. The number of hydrogen-bond donors (Lipinski definition) is 0. The Morgan fingerprint density at radius 3 is 2.78 bits per heavy atom. The normalized spacial score (nSPS) is 18.7. The summed E-state index contributed by atoms with van der Waals surface area (Å²) in [6.07, 6.45) is 0. The molecule has 1 aromatic heterocycles. The van der Waals surface area contributed by atoms with Crippen molar-refractivity contribution in [1.82, 2.24) is 4.90 Å². The Hall–Kier alpha value is -1.89. The van der Waals surface area contributed by atoms with Crippen molar-refractivity contribution in [3.63, 3.8) is 0 Å². The van der Waals surface area contributed by atoms with E-state index in [4.69, 9.17) is 9.15 Å². The van der Waals surface area contributed by atoms with Gasteiger partial charge < -0.3 is 14.1 Å². The van der Waals surface area contributed by atoms with Crippen LogP contribution in [0.4, 0.5) is 5.88 Å². The van der Waals surface area contributed by atoms with Crippen molar-refractivity contribution in [1.29, 1.82) is 0 Å². The predicted octanol–water partition coefficient (Wildman–Crippen LogP) is 1.44. The van der Waals surface area contributed by atoms with Crippen molar-refractivity contribution in [2.75, 3.05) is 19.7 Å². The molecule has 1 aliphatic rings. The number of carbonyl (C=O) groups is 1. The Labute approximate surface area is 103 Å². The first kappa shape index (κ1) is 12.6. The van der Waals surface area contributed by atoms with Crippen molar-refractivity contribution in [3.8, 4) is 0 Å². The molecule has 18 heavy (non-hydrogen) atoms. The molecule has 0 N–H and O–H groups in total. The molecule has 0 bridgehead atoms. The maximum absolute atomic E-state index is 12.1. The lowest BCUT2D eigenvalue weighted by Crippen LogP contribution is -2.50. The highest BCUT2D eigenvalue weighted by molar-refractivity contribution is 5.91. The zero-order valence-corrected chi connectivity index (χ0v) is 10.2. The predicted molar refractivity (Wildman–Crippen MR) is 61.3 cm³/mol. The molecule has 0 aliphatic carbocycles. The molecule has 1 aromatic rings. The summed E-state index contributed by atoms with van der Waals surface area (Å²) < 4.78 is 10.4. The average molecular weight is 254 g/mol. The molecule has 1 saturated heterocycles. The van der Waals surface area contributed by atoms with E-state index in [0.717, 1.165) is 0 Å². The molecule has 7 nitrogen and oxygen atoms in total. The number of amides is 1. The lowest BCUT2D eigenvalue weighted by Gasteiger charge is -2.37. The molecular formula is C11H14N2O5. The van der Waals surface area contributed by atoms with Gasteiger partial charge in [0.15, 0.2) is 5.76 Å². The highest BCUT2D eigenvalue weighted by Crippen LogP contribution is 2.21. The standard InChI is InChI=1S/C11H14N2O5/c1-11(2)7-12(5-6-17-11)10(14)8-3-4-9(18-8)13(15)16/h3-4H,5-7H2,1-2H3. The zero-order chi connectivity index (χ0) is 13.3. The molecule has 2 rings (SSSR count). The fraction of sp³-hybridized carbons (Fsp3) is 0.545. The van der Waals surface area contributed by atoms with Crippen LogP contribution in [-0.4, -0.2) is 41.0 Å². The van der Waals surface area contributed by atoms with Gasteiger partial charge in [-0.1, -0.05) is 0 Å². The van der Waals surface area contributed by atoms with Crippen LogP contribution in [0, 0.1) is 10.1 Å². The third-order valence-corrected chi connectivity index (χ3v) is 2.70. The molecule has 0 spiro atoms. The largest absolute Gasteiger partial charge is 0.433 e. The highest BCUT2D eigenvalue weighted by atomic mass is 16.6. The molecule has 1 aliphatic heterocycles. The molecule has 1 fully saturated rings. The van der Waals surface area contributed by atoms with Crippen LogP contribution >= 0.6 is 0 Å². The fourth-order valence-electron chi connectivity index (χ4n) is 1.89. The molecule has 0 unspecified atom stereocenters. The topological polar surface area (TPSA) is 85.8 Å². The van der Waals surface area contributed by atoms with E-state index >= 15 is 0 Å². The van der Waals surface area contributed by atoms with Crippen molar-refractivity contribution in [3.05, 3.63) is 28.0 Å². The van der Waals surface area contributed by atoms with Crippen LogP contribution in [0.1, 0.15) is 24.4 Å². The lowest BCUT2D eigenvalue weighted by atomic mass is 10.1. The van der Waals surface area contributed by atoms with Crippen LogP contribution in [0.15, 0.2) is 16.5 Å². The van der Waals surface area contributed by atoms with Gasteiger partial charge in [0.05, 0.1) is 18.3 Å². The Morgan fingerprint density at radius 2 is 2.22 bits per heavy atom. The van der Waals surface area contributed by atoms with E-state index in [1.807, 2.05) is 13.8 Å². The first-order valence-electron chi connectivity index (χ1n) is 5.56. The van der Waals surface area contributed by atoms with Gasteiger partial charge in [-0.2, -0.15) is 0 Å². The van der Waals surface area contributed by atoms with E-state index < -0.39 is 16.4 Å². The van der Waals surface area contributed by atoms with Crippen LogP contribution in [0.25, 0.3) is 0 Å². The maximum atomic E-state index is 12.1. The first-order valence-corrected chi connectivity index (χ1v) is 5.56. The second kappa shape index (κ2) is 4.41. The molecule has 7 heteroatoms. The molecule has 2 heterocycles. The van der Waals surface area contributed by atoms with Crippen molar-refractivity contribution in [2.45, 2.75) is 19.4 Å². The number of morpholine rings is 1. The molecular weight excluding hydrogens is 240 g/mol. The van der Waals surface area contributed by atoms with E-state index in [-0.39, 0.29) is 11.7 Å². The SMILES string of the molecule is CC1(C)CN(C(=O)c2ccc([N+](=O)[O-])o2)CCO1. The maximum Gasteiger partial charge on any atom is 0.433 e. The lowest BCUT2D eigenvalue weighted by molar-refractivity contribution is -0.402. The van der Waals surface area contributed by atoms with E-state index in [1.165, 1.54) is 12.1 Å². The monoisotopic (exact) mass is 254 g/mol. The smallest absolute Gasteiger partial charge is 0.395 e. The highest BCUT2D eigenvalue weighted by Gasteiger charge is 2.32. The second-order valence-electron chi connectivity index (χ2n) is 4.73. The zero-order valence-electron chi connectivity index (χ0n) is 10.2. The number of rotatable bonds is 2. The molecule has 1 amide bonds. The van der Waals surface area contributed by atoms with Gasteiger partial charge in [-0.05, 0) is 19.9 Å². The summed E-state index contributed by atoms with van der Waals surface area (Å²) in [5.74, 6) is -0.787. The van der Waals surface area contributed by atoms with E-state index in [0.29, 0.717) is 19.7 Å². The van der Waals surface area contributed by atoms with Gasteiger partial charge in [-0.25, -0.2) is 0 Å². The fourth-order valence-corrected chi connectivity index (χ4v) is 1.89. The third-order valence-electron chi connectivity index (χ3n) is 2.70. The minimum absolute atomic E-state index is 0.0144. The van der Waals surface area contributed by atoms with Gasteiger partial charge in [-0.15, -0.1) is 0 Å². The van der Waals surface area contributed by atoms with Gasteiger partial charge in [0.1, 0.15) is 4.92 Å². The van der Waals surface area contributed by atoms with Crippen molar-refractivity contribution < 1.29 is 18.9 Å². The minimum atomic E-state index is -0.667. The van der Waals surface area contributed by atoms with Gasteiger partial charge in [0.2, 0.25) is 0 Å². The molecule has 0 radical (unpaired) electrons. The van der Waals surface area contributed by atoms with E-state index in [1.54, 1.807) is 4.90 Å². The van der Waals surface area contributed by atoms with Crippen LogP contribution in [-0.2, 0) is 4.74 Å². The summed E-state index contributed by atoms with van der Waals surface area (Å²) in [5.41, 5.74) is -0.410. The number of nitrogens with zero attached hydrogens (tertiary/aromatic N) is 2. The minimum Gasteiger partial charge on any atom is -0.395 e. The summed E-state index contributed by atoms with van der Waals surface area (Å²) in [4.78, 5) is 23.5. The van der Waals surface area contributed by atoms with Gasteiger partial charge in [0, 0.05) is 13.1 Å². The summed E-state index contributed by atoms with van der Waals surface area (Å²) in [5, 5.41) is 10.5. The second-order valence-corrected chi connectivity index (χ2v) is 4.73. The van der Waals surface area contributed by atoms with E-state index in [2.05, 4.69) is 0 Å². The Bertz CT molecular complexity index is 480. The summed E-state index contributed by atoms with van der Waals surface area (Å²) >= 11 is 0. The van der Waals surface area contributed by atoms with Crippen LogP contribution in [0.2, 0.25) is 0 Å². The number of furan rings is 1. The van der Waals surface area contributed by atoms with Crippen LogP contribution in [0.5, 0.6) is 0 Å². The quantitative estimate of drug-likeness (QED) is 0.588. The number of hydrogen-bond acceptors (Lipinski definition) is 5. The number of ether oxygens (including phenoxy) is 1. The van der Waals surface area contributed by atoms with Crippen LogP contribution < -0.4 is 0 Å². The summed E-state index contributed by atoms with van der Waals surface area (Å²) in [6, 6.07) is 2.50. The molecule has 0 aromatic carbocycles. The Morgan fingerprint density at radius 1 is 1.50 bits per heavy atom. The summed E-state index contributed by atoms with van der Waals surface area (Å²) in [6.45, 7) is 5.10. The molecule has 0 atom stereocenters. The third kappa shape index (κ3) is 2.51. The van der Waals surface area contributed by atoms with E-state index in [9.17, 15) is 14.9 Å². The van der Waals surface area contributed by atoms with Crippen molar-refractivity contribution in [2.24, 2.45) is 0 Å².